The SMILES string of the molecule is CCNC(=O)OCCOCCC(C)C(C)=O. The minimum absolute atomic E-state index is 0.0318. The van der Waals surface area contributed by atoms with Crippen LogP contribution in [0.25, 0.3) is 0 Å². The molecule has 16 heavy (non-hydrogen) atoms. The largest absolute Gasteiger partial charge is 0.447 e. The quantitative estimate of drug-likeness (QED) is 0.641. The van der Waals surface area contributed by atoms with Crippen molar-refractivity contribution in [1.82, 2.24) is 5.32 Å². The third kappa shape index (κ3) is 8.23. The molecular weight excluding hydrogens is 210 g/mol. The lowest BCUT2D eigenvalue weighted by atomic mass is 10.1. The Labute approximate surface area is 96.5 Å². The van der Waals surface area contributed by atoms with Crippen molar-refractivity contribution in [1.29, 1.82) is 0 Å². The Bertz CT molecular complexity index is 218. The first-order valence-corrected chi connectivity index (χ1v) is 5.56. The first-order chi connectivity index (χ1) is 7.57. The molecule has 5 heteroatoms. The maximum Gasteiger partial charge on any atom is 0.407 e. The van der Waals surface area contributed by atoms with Gasteiger partial charge in [-0.15, -0.1) is 0 Å². The van der Waals surface area contributed by atoms with Crippen LogP contribution in [-0.4, -0.2) is 38.2 Å². The zero-order valence-electron chi connectivity index (χ0n) is 10.2. The minimum Gasteiger partial charge on any atom is -0.447 e. The molecule has 0 heterocycles. The van der Waals surface area contributed by atoms with Crippen LogP contribution in [0.1, 0.15) is 27.2 Å². The lowest BCUT2D eigenvalue weighted by Crippen LogP contribution is -2.25. The van der Waals surface area contributed by atoms with E-state index in [4.69, 9.17) is 9.47 Å². The van der Waals surface area contributed by atoms with E-state index >= 15 is 0 Å². The van der Waals surface area contributed by atoms with Crippen LogP contribution in [0.3, 0.4) is 0 Å². The zero-order valence-corrected chi connectivity index (χ0v) is 10.2. The molecule has 1 N–H and O–H groups in total. The number of carbonyl (C=O) groups is 2. The number of rotatable bonds is 8. The van der Waals surface area contributed by atoms with Crippen molar-refractivity contribution in [3.8, 4) is 0 Å². The Balaban J connectivity index is 3.27. The number of Topliss-reactive ketones (excluding diaryl/α,β-unsaturated/α-hetero) is 1. The summed E-state index contributed by atoms with van der Waals surface area (Å²) in [7, 11) is 0. The van der Waals surface area contributed by atoms with Gasteiger partial charge >= 0.3 is 6.09 Å². The van der Waals surface area contributed by atoms with Gasteiger partial charge in [-0.2, -0.15) is 0 Å². The van der Waals surface area contributed by atoms with Crippen LogP contribution in [0.4, 0.5) is 4.79 Å². The number of hydrogen-bond acceptors (Lipinski definition) is 4. The number of carbonyl (C=O) groups excluding carboxylic acids is 2. The molecule has 0 rings (SSSR count). The summed E-state index contributed by atoms with van der Waals surface area (Å²) in [6, 6.07) is 0. The van der Waals surface area contributed by atoms with Crippen molar-refractivity contribution in [3.63, 3.8) is 0 Å². The molecule has 0 saturated carbocycles. The van der Waals surface area contributed by atoms with Crippen LogP contribution in [0.15, 0.2) is 0 Å². The molecule has 5 nitrogen and oxygen atoms in total. The third-order valence-electron chi connectivity index (χ3n) is 2.17. The van der Waals surface area contributed by atoms with Crippen molar-refractivity contribution >= 4 is 11.9 Å². The smallest absolute Gasteiger partial charge is 0.407 e. The average Bonchev–Trinajstić information content (AvgIpc) is 2.23. The molecule has 0 aromatic carbocycles. The Morgan fingerprint density at radius 1 is 1.25 bits per heavy atom. The number of nitrogens with one attached hydrogen (secondary N) is 1. The van der Waals surface area contributed by atoms with E-state index in [1.54, 1.807) is 6.92 Å². The minimum atomic E-state index is -0.428. The highest BCUT2D eigenvalue weighted by molar-refractivity contribution is 5.77. The monoisotopic (exact) mass is 231 g/mol. The molecule has 0 aliphatic heterocycles. The van der Waals surface area contributed by atoms with E-state index in [0.29, 0.717) is 26.2 Å². The Hall–Kier alpha value is -1.10. The van der Waals surface area contributed by atoms with Gasteiger partial charge in [0.15, 0.2) is 0 Å². The summed E-state index contributed by atoms with van der Waals surface area (Å²) in [5.41, 5.74) is 0. The van der Waals surface area contributed by atoms with Gasteiger partial charge in [0.2, 0.25) is 0 Å². The lowest BCUT2D eigenvalue weighted by Gasteiger charge is -2.08. The predicted octanol–water partition coefficient (Wildman–Crippen LogP) is 1.36. The first-order valence-electron chi connectivity index (χ1n) is 5.56. The van der Waals surface area contributed by atoms with Gasteiger partial charge in [0.25, 0.3) is 0 Å². The number of alkyl carbamates (subject to hydrolysis) is 1. The molecule has 1 amide bonds. The summed E-state index contributed by atoms with van der Waals surface area (Å²) in [6.07, 6.45) is 0.277. The highest BCUT2D eigenvalue weighted by Crippen LogP contribution is 2.02. The van der Waals surface area contributed by atoms with Crippen LogP contribution in [0.5, 0.6) is 0 Å². The van der Waals surface area contributed by atoms with Gasteiger partial charge in [-0.1, -0.05) is 6.92 Å². The van der Waals surface area contributed by atoms with Crippen molar-refractivity contribution in [2.75, 3.05) is 26.4 Å². The van der Waals surface area contributed by atoms with Crippen LogP contribution in [0.2, 0.25) is 0 Å². The molecule has 94 valence electrons. The molecule has 0 bridgehead atoms. The Kier molecular flexibility index (Phi) is 8.52. The first kappa shape index (κ1) is 14.9. The molecule has 0 spiro atoms. The number of ether oxygens (including phenoxy) is 2. The van der Waals surface area contributed by atoms with E-state index in [-0.39, 0.29) is 18.3 Å². The maximum atomic E-state index is 10.9. The normalized spacial score (nSPS) is 11.9. The molecule has 0 saturated heterocycles. The highest BCUT2D eigenvalue weighted by Gasteiger charge is 2.06. The van der Waals surface area contributed by atoms with Gasteiger partial charge in [-0.25, -0.2) is 4.79 Å². The molecule has 0 aromatic rings. The van der Waals surface area contributed by atoms with Crippen molar-refractivity contribution in [2.45, 2.75) is 27.2 Å². The summed E-state index contributed by atoms with van der Waals surface area (Å²) in [6.45, 7) is 6.93. The second-order valence-electron chi connectivity index (χ2n) is 3.58. The second-order valence-corrected chi connectivity index (χ2v) is 3.58. The topological polar surface area (TPSA) is 64.6 Å². The summed E-state index contributed by atoms with van der Waals surface area (Å²) in [5, 5.41) is 2.51. The van der Waals surface area contributed by atoms with Crippen molar-refractivity contribution in [2.24, 2.45) is 5.92 Å². The molecule has 0 aliphatic carbocycles. The molecule has 1 atom stereocenters. The van der Waals surface area contributed by atoms with E-state index in [2.05, 4.69) is 5.32 Å². The van der Waals surface area contributed by atoms with Crippen LogP contribution in [-0.2, 0) is 14.3 Å². The maximum absolute atomic E-state index is 10.9. The number of ketones is 1. The van der Waals surface area contributed by atoms with Crippen LogP contribution in [0, 0.1) is 5.92 Å². The molecule has 0 aliphatic rings. The van der Waals surface area contributed by atoms with Gasteiger partial charge < -0.3 is 14.8 Å². The molecular formula is C11H21NO4. The fourth-order valence-corrected chi connectivity index (χ4v) is 0.954. The summed E-state index contributed by atoms with van der Waals surface area (Å²) < 4.78 is 10.0. The Morgan fingerprint density at radius 3 is 2.50 bits per heavy atom. The number of amides is 1. The molecule has 0 aromatic heterocycles. The molecule has 0 radical (unpaired) electrons. The molecule has 0 fully saturated rings. The van der Waals surface area contributed by atoms with Crippen molar-refractivity contribution < 1.29 is 19.1 Å². The van der Waals surface area contributed by atoms with E-state index in [1.807, 2.05) is 13.8 Å². The standard InChI is InChI=1S/C11H21NO4/c1-4-12-11(14)16-8-7-15-6-5-9(2)10(3)13/h9H,4-8H2,1-3H3,(H,12,14). The van der Waals surface area contributed by atoms with Crippen LogP contribution >= 0.6 is 0 Å². The summed E-state index contributed by atoms with van der Waals surface area (Å²) in [5.74, 6) is 0.200. The van der Waals surface area contributed by atoms with E-state index in [9.17, 15) is 9.59 Å². The van der Waals surface area contributed by atoms with Crippen molar-refractivity contribution in [3.05, 3.63) is 0 Å². The fraction of sp³-hybridized carbons (Fsp3) is 0.818. The van der Waals surface area contributed by atoms with Gasteiger partial charge in [0.05, 0.1) is 6.61 Å². The van der Waals surface area contributed by atoms with Gasteiger partial charge in [-0.05, 0) is 20.3 Å². The van der Waals surface area contributed by atoms with E-state index < -0.39 is 6.09 Å². The van der Waals surface area contributed by atoms with Gasteiger partial charge in [0, 0.05) is 19.1 Å². The highest BCUT2D eigenvalue weighted by atomic mass is 16.6. The van der Waals surface area contributed by atoms with E-state index in [1.165, 1.54) is 0 Å². The summed E-state index contributed by atoms with van der Waals surface area (Å²) >= 11 is 0. The van der Waals surface area contributed by atoms with Gasteiger partial charge in [-0.3, -0.25) is 4.79 Å². The zero-order chi connectivity index (χ0) is 12.4. The van der Waals surface area contributed by atoms with Gasteiger partial charge in [0.1, 0.15) is 12.4 Å². The van der Waals surface area contributed by atoms with E-state index in [0.717, 1.165) is 0 Å². The number of hydrogen-bond donors (Lipinski definition) is 1. The van der Waals surface area contributed by atoms with Crippen LogP contribution < -0.4 is 5.32 Å². The fourth-order valence-electron chi connectivity index (χ4n) is 0.954. The second kappa shape index (κ2) is 9.15. The molecule has 1 unspecified atom stereocenters. The summed E-state index contributed by atoms with van der Waals surface area (Å²) in [4.78, 5) is 21.7. The average molecular weight is 231 g/mol. The third-order valence-corrected chi connectivity index (χ3v) is 2.17. The lowest BCUT2D eigenvalue weighted by molar-refractivity contribution is -0.120. The predicted molar refractivity (Wildman–Crippen MR) is 60.3 cm³/mol. The Morgan fingerprint density at radius 2 is 1.94 bits per heavy atom.